The molecule has 1 aliphatic rings. The number of aliphatic hydroxyl groups excluding tert-OH is 1. The molecule has 0 bridgehead atoms. The normalized spacial score (nSPS) is 18.9. The molecule has 2 aromatic heterocycles. The molecule has 31 heavy (non-hydrogen) atoms. The molecule has 0 radical (unpaired) electrons. The van der Waals surface area contributed by atoms with Crippen molar-refractivity contribution in [2.75, 3.05) is 34.0 Å². The van der Waals surface area contributed by atoms with Gasteiger partial charge in [0.15, 0.2) is 11.5 Å². The van der Waals surface area contributed by atoms with Gasteiger partial charge in [0.25, 0.3) is 0 Å². The Labute approximate surface area is 181 Å². The van der Waals surface area contributed by atoms with Crippen LogP contribution in [0.4, 0.5) is 0 Å². The highest BCUT2D eigenvalue weighted by Gasteiger charge is 2.36. The molecule has 2 atom stereocenters. The van der Waals surface area contributed by atoms with Crippen LogP contribution in [0.2, 0.25) is 0 Å². The van der Waals surface area contributed by atoms with Gasteiger partial charge in [0, 0.05) is 18.9 Å². The first-order valence-corrected chi connectivity index (χ1v) is 10.2. The molecule has 0 saturated carbocycles. The lowest BCUT2D eigenvalue weighted by molar-refractivity contribution is -0.149. The second-order valence-electron chi connectivity index (χ2n) is 7.55. The number of fused-ring (bicyclic) bond motifs is 1. The number of methoxy groups -OCH3 is 2. The molecule has 8 nitrogen and oxygen atoms in total. The van der Waals surface area contributed by atoms with Crippen molar-refractivity contribution in [1.82, 2.24) is 14.3 Å². The number of pyridine rings is 1. The Bertz CT molecular complexity index is 1080. The van der Waals surface area contributed by atoms with Gasteiger partial charge in [-0.3, -0.25) is 4.79 Å². The van der Waals surface area contributed by atoms with Crippen molar-refractivity contribution in [2.24, 2.45) is 0 Å². The lowest BCUT2D eigenvalue weighted by Crippen LogP contribution is -2.50. The van der Waals surface area contributed by atoms with Gasteiger partial charge in [-0.05, 0) is 36.2 Å². The van der Waals surface area contributed by atoms with Crippen LogP contribution in [0.5, 0.6) is 11.5 Å². The Hall–Kier alpha value is -3.10. The second-order valence-corrected chi connectivity index (χ2v) is 7.55. The van der Waals surface area contributed by atoms with Crippen molar-refractivity contribution >= 4 is 11.6 Å². The molecular weight excluding hydrogens is 398 g/mol. The number of hydrogen-bond acceptors (Lipinski definition) is 6. The molecule has 8 heteroatoms. The zero-order valence-corrected chi connectivity index (χ0v) is 17.9. The van der Waals surface area contributed by atoms with E-state index in [0.717, 1.165) is 22.5 Å². The van der Waals surface area contributed by atoms with Gasteiger partial charge in [0.1, 0.15) is 11.8 Å². The van der Waals surface area contributed by atoms with E-state index >= 15 is 0 Å². The summed E-state index contributed by atoms with van der Waals surface area (Å²) in [4.78, 5) is 19.7. The van der Waals surface area contributed by atoms with Crippen LogP contribution in [0, 0.1) is 6.92 Å². The van der Waals surface area contributed by atoms with Crippen LogP contribution in [0.15, 0.2) is 42.7 Å². The molecule has 1 aromatic carbocycles. The van der Waals surface area contributed by atoms with Gasteiger partial charge < -0.3 is 28.6 Å². The highest BCUT2D eigenvalue weighted by molar-refractivity contribution is 5.79. The average molecular weight is 425 g/mol. The first kappa shape index (κ1) is 21.1. The number of ether oxygens (including phenoxy) is 3. The molecule has 1 saturated heterocycles. The van der Waals surface area contributed by atoms with Crippen molar-refractivity contribution in [1.29, 1.82) is 0 Å². The molecule has 1 N–H and O–H groups in total. The molecule has 3 heterocycles. The molecule has 4 rings (SSSR count). The minimum absolute atomic E-state index is 0.0511. The maximum atomic E-state index is 13.4. The zero-order chi connectivity index (χ0) is 22.0. The van der Waals surface area contributed by atoms with Crippen LogP contribution in [-0.2, 0) is 16.0 Å². The summed E-state index contributed by atoms with van der Waals surface area (Å²) in [5.41, 5.74) is 3.54. The van der Waals surface area contributed by atoms with Gasteiger partial charge in [-0.15, -0.1) is 0 Å². The maximum absolute atomic E-state index is 13.4. The number of carbonyl (C=O) groups excluding carboxylic acids is 1. The van der Waals surface area contributed by atoms with E-state index in [1.54, 1.807) is 31.4 Å². The third-order valence-corrected chi connectivity index (χ3v) is 5.74. The lowest BCUT2D eigenvalue weighted by Gasteiger charge is -2.41. The lowest BCUT2D eigenvalue weighted by atomic mass is 9.97. The number of nitrogens with zero attached hydrogens (tertiary/aromatic N) is 3. The highest BCUT2D eigenvalue weighted by atomic mass is 16.5. The number of aliphatic hydroxyl groups is 1. The summed E-state index contributed by atoms with van der Waals surface area (Å²) in [5, 5.41) is 9.95. The Morgan fingerprint density at radius 3 is 2.81 bits per heavy atom. The summed E-state index contributed by atoms with van der Waals surface area (Å²) < 4.78 is 18.5. The van der Waals surface area contributed by atoms with Gasteiger partial charge in [0.05, 0.1) is 45.6 Å². The number of aromatic nitrogens is 2. The molecule has 1 aliphatic heterocycles. The van der Waals surface area contributed by atoms with Crippen molar-refractivity contribution in [3.8, 4) is 11.5 Å². The van der Waals surface area contributed by atoms with Gasteiger partial charge in [-0.25, -0.2) is 4.98 Å². The van der Waals surface area contributed by atoms with Gasteiger partial charge in [-0.1, -0.05) is 12.1 Å². The molecule has 0 aliphatic carbocycles. The summed E-state index contributed by atoms with van der Waals surface area (Å²) in [6.45, 7) is 2.60. The second kappa shape index (κ2) is 8.95. The number of benzene rings is 1. The number of morpholine rings is 1. The highest BCUT2D eigenvalue weighted by Crippen LogP contribution is 2.36. The quantitative estimate of drug-likeness (QED) is 0.652. The molecule has 3 aromatic rings. The molecule has 0 spiro atoms. The monoisotopic (exact) mass is 425 g/mol. The summed E-state index contributed by atoms with van der Waals surface area (Å²) >= 11 is 0. The van der Waals surface area contributed by atoms with E-state index in [0.29, 0.717) is 24.7 Å². The van der Waals surface area contributed by atoms with Gasteiger partial charge >= 0.3 is 0 Å². The molecule has 1 fully saturated rings. The molecule has 0 unspecified atom stereocenters. The zero-order valence-electron chi connectivity index (χ0n) is 17.9. The Balaban J connectivity index is 1.66. The molecule has 164 valence electrons. The number of hydrogen-bond donors (Lipinski definition) is 1. The molecule has 1 amide bonds. The first-order valence-electron chi connectivity index (χ1n) is 10.2. The third-order valence-electron chi connectivity index (χ3n) is 5.74. The van der Waals surface area contributed by atoms with Crippen molar-refractivity contribution in [2.45, 2.75) is 25.5 Å². The van der Waals surface area contributed by atoms with Crippen LogP contribution in [0.25, 0.3) is 5.65 Å². The minimum atomic E-state index is -0.528. The van der Waals surface area contributed by atoms with Gasteiger partial charge in [-0.2, -0.15) is 0 Å². The van der Waals surface area contributed by atoms with E-state index in [9.17, 15) is 9.90 Å². The average Bonchev–Trinajstić information content (AvgIpc) is 3.22. The summed E-state index contributed by atoms with van der Waals surface area (Å²) in [6, 6.07) is 9.01. The van der Waals surface area contributed by atoms with E-state index in [2.05, 4.69) is 4.98 Å². The molecular formula is C23H27N3O5. The SMILES string of the molecule is COc1ccc([C@@H]2[C@@H](CO)OCCN2C(=O)Cc2cnc3c(C)cccn23)cc1OC. The summed E-state index contributed by atoms with van der Waals surface area (Å²) in [5.74, 6) is 1.11. The van der Waals surface area contributed by atoms with E-state index in [4.69, 9.17) is 14.2 Å². The standard InChI is InChI=1S/C23H27N3O5/c1-15-5-4-8-25-17(13-24-23(15)25)12-21(28)26-9-10-31-20(14-27)22(26)16-6-7-18(29-2)19(11-16)30-3/h4-8,11,13,20,22,27H,9-10,12,14H2,1-3H3/t20-,22-/m1/s1. The largest absolute Gasteiger partial charge is 0.493 e. The number of aryl methyl sites for hydroxylation is 1. The van der Waals surface area contributed by atoms with E-state index in [-0.39, 0.29) is 18.9 Å². The third kappa shape index (κ3) is 3.96. The van der Waals surface area contributed by atoms with Crippen molar-refractivity contribution in [3.05, 3.63) is 59.5 Å². The van der Waals surface area contributed by atoms with Crippen molar-refractivity contribution in [3.63, 3.8) is 0 Å². The van der Waals surface area contributed by atoms with Crippen LogP contribution in [0.3, 0.4) is 0 Å². The van der Waals surface area contributed by atoms with Gasteiger partial charge in [0.2, 0.25) is 5.91 Å². The number of imidazole rings is 1. The predicted octanol–water partition coefficient (Wildman–Crippen LogP) is 2.16. The minimum Gasteiger partial charge on any atom is -0.493 e. The van der Waals surface area contributed by atoms with E-state index in [1.807, 2.05) is 41.8 Å². The van der Waals surface area contributed by atoms with Crippen LogP contribution in [-0.4, -0.2) is 65.4 Å². The maximum Gasteiger partial charge on any atom is 0.229 e. The van der Waals surface area contributed by atoms with Crippen molar-refractivity contribution < 1.29 is 24.1 Å². The first-order chi connectivity index (χ1) is 15.1. The Kier molecular flexibility index (Phi) is 6.11. The fraction of sp³-hybridized carbons (Fsp3) is 0.391. The van der Waals surface area contributed by atoms with E-state index in [1.165, 1.54) is 0 Å². The predicted molar refractivity (Wildman–Crippen MR) is 114 cm³/mol. The summed E-state index contributed by atoms with van der Waals surface area (Å²) in [6.07, 6.45) is 3.34. The van der Waals surface area contributed by atoms with Crippen LogP contribution in [0.1, 0.15) is 22.9 Å². The number of carbonyl (C=O) groups is 1. The fourth-order valence-electron chi connectivity index (χ4n) is 4.19. The number of amides is 1. The fourth-order valence-corrected chi connectivity index (χ4v) is 4.19. The van der Waals surface area contributed by atoms with E-state index < -0.39 is 12.1 Å². The smallest absolute Gasteiger partial charge is 0.229 e. The van der Waals surface area contributed by atoms with Crippen LogP contribution < -0.4 is 9.47 Å². The Morgan fingerprint density at radius 2 is 2.06 bits per heavy atom. The Morgan fingerprint density at radius 1 is 1.26 bits per heavy atom. The topological polar surface area (TPSA) is 85.5 Å². The van der Waals surface area contributed by atoms with Crippen LogP contribution >= 0.6 is 0 Å². The summed E-state index contributed by atoms with van der Waals surface area (Å²) in [7, 11) is 3.14. The number of rotatable bonds is 6.